The Morgan fingerprint density at radius 3 is 2.33 bits per heavy atom. The van der Waals surface area contributed by atoms with Gasteiger partial charge in [0.2, 0.25) is 0 Å². The topological polar surface area (TPSA) is 58.0 Å². The van der Waals surface area contributed by atoms with Crippen LogP contribution in [0.25, 0.3) is 10.4 Å². The minimum Gasteiger partial charge on any atom is -0.490 e. The molecule has 4 heteroatoms. The number of ether oxygens (including phenoxy) is 1. The Balaban J connectivity index is 2.67. The zero-order valence-electron chi connectivity index (χ0n) is 9.05. The summed E-state index contributed by atoms with van der Waals surface area (Å²) in [6.45, 7) is 4.20. The van der Waals surface area contributed by atoms with Crippen LogP contribution in [0.3, 0.4) is 0 Å². The first kappa shape index (κ1) is 11.4. The van der Waals surface area contributed by atoms with E-state index in [-0.39, 0.29) is 6.10 Å². The number of hydrogen-bond acceptors (Lipinski definition) is 2. The zero-order valence-corrected chi connectivity index (χ0v) is 9.05. The summed E-state index contributed by atoms with van der Waals surface area (Å²) in [7, 11) is 0. The quantitative estimate of drug-likeness (QED) is 0.403. The average Bonchev–Trinajstić information content (AvgIpc) is 2.28. The molecule has 0 aliphatic carbocycles. The van der Waals surface area contributed by atoms with Gasteiger partial charge in [-0.2, -0.15) is 0 Å². The van der Waals surface area contributed by atoms with Gasteiger partial charge in [0.1, 0.15) is 5.75 Å². The largest absolute Gasteiger partial charge is 0.490 e. The lowest BCUT2D eigenvalue weighted by molar-refractivity contribution is 0.193. The van der Waals surface area contributed by atoms with Gasteiger partial charge in [0.15, 0.2) is 0 Å². The van der Waals surface area contributed by atoms with Crippen LogP contribution in [0.4, 0.5) is 5.69 Å². The summed E-state index contributed by atoms with van der Waals surface area (Å²) >= 11 is 0. The summed E-state index contributed by atoms with van der Waals surface area (Å²) in [5.41, 5.74) is 8.84. The van der Waals surface area contributed by atoms with Crippen molar-refractivity contribution >= 4 is 5.69 Å². The van der Waals surface area contributed by atoms with Crippen molar-refractivity contribution in [1.29, 1.82) is 0 Å². The second-order valence-corrected chi connectivity index (χ2v) is 3.24. The van der Waals surface area contributed by atoms with E-state index in [1.54, 1.807) is 12.1 Å². The third-order valence-electron chi connectivity index (χ3n) is 2.21. The standard InChI is InChI=1S/C11H15N3O/c1-3-10(4-2)15-11-7-5-9(6-8-11)13-14-12/h5-8,10H,3-4H2,1-2H3. The van der Waals surface area contributed by atoms with Crippen LogP contribution >= 0.6 is 0 Å². The molecular formula is C11H15N3O. The first-order valence-corrected chi connectivity index (χ1v) is 5.12. The van der Waals surface area contributed by atoms with E-state index in [0.717, 1.165) is 18.6 Å². The van der Waals surface area contributed by atoms with Crippen LogP contribution in [-0.2, 0) is 0 Å². The van der Waals surface area contributed by atoms with E-state index in [1.165, 1.54) is 0 Å². The molecule has 0 spiro atoms. The molecule has 0 N–H and O–H groups in total. The van der Waals surface area contributed by atoms with Crippen molar-refractivity contribution in [2.75, 3.05) is 0 Å². The molecule has 0 aliphatic heterocycles. The fourth-order valence-corrected chi connectivity index (χ4v) is 1.29. The van der Waals surface area contributed by atoms with Crippen LogP contribution in [0.5, 0.6) is 5.75 Å². The van der Waals surface area contributed by atoms with E-state index >= 15 is 0 Å². The zero-order chi connectivity index (χ0) is 11.1. The highest BCUT2D eigenvalue weighted by molar-refractivity contribution is 5.40. The highest BCUT2D eigenvalue weighted by Gasteiger charge is 2.04. The fourth-order valence-electron chi connectivity index (χ4n) is 1.29. The Bertz CT molecular complexity index is 337. The maximum Gasteiger partial charge on any atom is 0.119 e. The maximum atomic E-state index is 8.24. The first-order valence-electron chi connectivity index (χ1n) is 5.12. The third-order valence-corrected chi connectivity index (χ3v) is 2.21. The molecule has 0 amide bonds. The smallest absolute Gasteiger partial charge is 0.119 e. The van der Waals surface area contributed by atoms with E-state index < -0.39 is 0 Å². The normalized spacial score (nSPS) is 9.80. The molecule has 0 saturated carbocycles. The van der Waals surface area contributed by atoms with Crippen LogP contribution in [0.2, 0.25) is 0 Å². The maximum absolute atomic E-state index is 8.24. The van der Waals surface area contributed by atoms with Gasteiger partial charge in [-0.15, -0.1) is 0 Å². The molecule has 80 valence electrons. The number of rotatable bonds is 5. The minimum absolute atomic E-state index is 0.260. The predicted octanol–water partition coefficient (Wildman–Crippen LogP) is 4.20. The summed E-state index contributed by atoms with van der Waals surface area (Å²) in [4.78, 5) is 2.71. The van der Waals surface area contributed by atoms with Gasteiger partial charge in [-0.25, -0.2) is 0 Å². The summed E-state index contributed by atoms with van der Waals surface area (Å²) in [6, 6.07) is 7.14. The van der Waals surface area contributed by atoms with E-state index in [1.807, 2.05) is 12.1 Å². The molecule has 0 aromatic heterocycles. The van der Waals surface area contributed by atoms with Crippen molar-refractivity contribution in [3.05, 3.63) is 34.7 Å². The second-order valence-electron chi connectivity index (χ2n) is 3.24. The van der Waals surface area contributed by atoms with Gasteiger partial charge in [0, 0.05) is 10.6 Å². The summed E-state index contributed by atoms with van der Waals surface area (Å²) < 4.78 is 5.71. The molecule has 0 aliphatic rings. The molecule has 0 saturated heterocycles. The molecule has 1 aromatic carbocycles. The third kappa shape index (κ3) is 3.52. The van der Waals surface area contributed by atoms with Crippen LogP contribution < -0.4 is 4.74 Å². The van der Waals surface area contributed by atoms with Crippen molar-refractivity contribution in [2.45, 2.75) is 32.8 Å². The number of azide groups is 1. The Morgan fingerprint density at radius 2 is 1.87 bits per heavy atom. The SMILES string of the molecule is CCC(CC)Oc1ccc(N=[N+]=[N-])cc1. The Morgan fingerprint density at radius 1 is 1.27 bits per heavy atom. The second kappa shape index (κ2) is 5.94. The van der Waals surface area contributed by atoms with Gasteiger partial charge >= 0.3 is 0 Å². The molecular weight excluding hydrogens is 190 g/mol. The van der Waals surface area contributed by atoms with Gasteiger partial charge in [0.25, 0.3) is 0 Å². The fraction of sp³-hybridized carbons (Fsp3) is 0.455. The van der Waals surface area contributed by atoms with Crippen LogP contribution in [0.1, 0.15) is 26.7 Å². The van der Waals surface area contributed by atoms with Crippen molar-refractivity contribution in [3.8, 4) is 5.75 Å². The van der Waals surface area contributed by atoms with E-state index in [4.69, 9.17) is 10.3 Å². The molecule has 0 unspecified atom stereocenters. The average molecular weight is 205 g/mol. The lowest BCUT2D eigenvalue weighted by Gasteiger charge is -2.15. The summed E-state index contributed by atoms with van der Waals surface area (Å²) in [5.74, 6) is 0.820. The molecule has 0 heterocycles. The highest BCUT2D eigenvalue weighted by Crippen LogP contribution is 2.20. The summed E-state index contributed by atoms with van der Waals surface area (Å²) in [5, 5.41) is 3.49. The lowest BCUT2D eigenvalue weighted by Crippen LogP contribution is -2.13. The van der Waals surface area contributed by atoms with Gasteiger partial charge < -0.3 is 4.74 Å². The van der Waals surface area contributed by atoms with Crippen molar-refractivity contribution in [3.63, 3.8) is 0 Å². The Hall–Kier alpha value is -1.67. The van der Waals surface area contributed by atoms with Gasteiger partial charge in [-0.1, -0.05) is 19.0 Å². The first-order chi connectivity index (χ1) is 7.30. The molecule has 1 aromatic rings. The van der Waals surface area contributed by atoms with Crippen molar-refractivity contribution in [2.24, 2.45) is 5.11 Å². The van der Waals surface area contributed by atoms with E-state index in [2.05, 4.69) is 23.9 Å². The molecule has 15 heavy (non-hydrogen) atoms. The van der Waals surface area contributed by atoms with Gasteiger partial charge in [-0.3, -0.25) is 0 Å². The molecule has 0 fully saturated rings. The van der Waals surface area contributed by atoms with Gasteiger partial charge in [0.05, 0.1) is 6.10 Å². The molecule has 4 nitrogen and oxygen atoms in total. The predicted molar refractivity (Wildman–Crippen MR) is 60.2 cm³/mol. The Labute approximate surface area is 89.5 Å². The van der Waals surface area contributed by atoms with Crippen LogP contribution in [0.15, 0.2) is 29.4 Å². The van der Waals surface area contributed by atoms with E-state index in [0.29, 0.717) is 5.69 Å². The van der Waals surface area contributed by atoms with Crippen molar-refractivity contribution < 1.29 is 4.74 Å². The molecule has 0 radical (unpaired) electrons. The monoisotopic (exact) mass is 205 g/mol. The molecule has 1 rings (SSSR count). The van der Waals surface area contributed by atoms with Crippen LogP contribution in [0, 0.1) is 0 Å². The van der Waals surface area contributed by atoms with E-state index in [9.17, 15) is 0 Å². The van der Waals surface area contributed by atoms with Gasteiger partial charge in [-0.05, 0) is 42.6 Å². The van der Waals surface area contributed by atoms with Crippen LogP contribution in [-0.4, -0.2) is 6.10 Å². The Kier molecular flexibility index (Phi) is 4.51. The molecule has 0 bridgehead atoms. The highest BCUT2D eigenvalue weighted by atomic mass is 16.5. The number of nitrogens with zero attached hydrogens (tertiary/aromatic N) is 3. The minimum atomic E-state index is 0.260. The lowest BCUT2D eigenvalue weighted by atomic mass is 10.2. The molecule has 0 atom stereocenters. The number of hydrogen-bond donors (Lipinski definition) is 0. The number of benzene rings is 1. The van der Waals surface area contributed by atoms with Crippen molar-refractivity contribution in [1.82, 2.24) is 0 Å². The summed E-state index contributed by atoms with van der Waals surface area (Å²) in [6.07, 6.45) is 2.25.